The van der Waals surface area contributed by atoms with Crippen LogP contribution in [0.1, 0.15) is 34.1 Å². The lowest BCUT2D eigenvalue weighted by atomic mass is 10.2. The van der Waals surface area contributed by atoms with Gasteiger partial charge < -0.3 is 9.47 Å². The first-order valence-electron chi connectivity index (χ1n) is 5.70. The highest BCUT2D eigenvalue weighted by Gasteiger charge is 2.06. The molecule has 0 aromatic rings. The van der Waals surface area contributed by atoms with Crippen LogP contribution >= 0.6 is 0 Å². The fourth-order valence-corrected chi connectivity index (χ4v) is 0.910. The van der Waals surface area contributed by atoms with E-state index >= 15 is 0 Å². The van der Waals surface area contributed by atoms with Crippen molar-refractivity contribution < 1.29 is 19.1 Å². The summed E-state index contributed by atoms with van der Waals surface area (Å²) in [5.41, 5.74) is 0.525. The monoisotopic (exact) mass is 242 g/mol. The number of methoxy groups -OCH3 is 1. The van der Waals surface area contributed by atoms with Gasteiger partial charge in [0.05, 0.1) is 7.11 Å². The van der Waals surface area contributed by atoms with Crippen molar-refractivity contribution in [2.45, 2.75) is 34.1 Å². The molecule has 0 aromatic heterocycles. The third-order valence-corrected chi connectivity index (χ3v) is 1.73. The van der Waals surface area contributed by atoms with Crippen molar-refractivity contribution in [1.82, 2.24) is 0 Å². The summed E-state index contributed by atoms with van der Waals surface area (Å²) in [6.45, 7) is 7.46. The highest BCUT2D eigenvalue weighted by atomic mass is 16.6. The molecule has 0 amide bonds. The van der Waals surface area contributed by atoms with E-state index in [1.165, 1.54) is 7.11 Å². The van der Waals surface area contributed by atoms with E-state index in [0.29, 0.717) is 17.8 Å². The van der Waals surface area contributed by atoms with Crippen molar-refractivity contribution in [1.29, 1.82) is 0 Å². The van der Waals surface area contributed by atoms with Crippen LogP contribution < -0.4 is 0 Å². The van der Waals surface area contributed by atoms with Gasteiger partial charge in [0, 0.05) is 5.57 Å². The normalized spacial score (nSPS) is 11.1. The molecular formula is C13H22O4. The molecule has 0 saturated carbocycles. The summed E-state index contributed by atoms with van der Waals surface area (Å²) in [4.78, 5) is 21.5. The first-order chi connectivity index (χ1) is 8.19. The first kappa shape index (κ1) is 17.8. The maximum Gasteiger partial charge on any atom is 0.343 e. The van der Waals surface area contributed by atoms with Gasteiger partial charge in [-0.3, -0.25) is 4.79 Å². The second-order valence-electron chi connectivity index (χ2n) is 2.73. The summed E-state index contributed by atoms with van der Waals surface area (Å²) >= 11 is 0. The minimum Gasteiger partial charge on any atom is -0.482 e. The molecule has 98 valence electrons. The highest BCUT2D eigenvalue weighted by Crippen LogP contribution is 2.09. The number of allylic oxidation sites excluding steroid dienone is 3. The summed E-state index contributed by atoms with van der Waals surface area (Å²) in [5, 5.41) is 0. The van der Waals surface area contributed by atoms with E-state index in [-0.39, 0.29) is 6.61 Å². The van der Waals surface area contributed by atoms with Crippen molar-refractivity contribution >= 4 is 12.3 Å². The van der Waals surface area contributed by atoms with Gasteiger partial charge in [-0.2, -0.15) is 0 Å². The van der Waals surface area contributed by atoms with Crippen molar-refractivity contribution in [2.24, 2.45) is 0 Å². The molecule has 4 nitrogen and oxygen atoms in total. The molecule has 0 aliphatic heterocycles. The Balaban J connectivity index is 0. The van der Waals surface area contributed by atoms with E-state index in [1.54, 1.807) is 19.1 Å². The Morgan fingerprint density at radius 1 is 1.29 bits per heavy atom. The molecule has 0 aliphatic carbocycles. The van der Waals surface area contributed by atoms with Crippen LogP contribution in [-0.2, 0) is 19.1 Å². The molecule has 0 unspecified atom stereocenters. The lowest BCUT2D eigenvalue weighted by molar-refractivity contribution is -0.144. The standard InChI is InChI=1S/C11H16O4.C2H6/c1-4-6-10(9(5-2)7-12)15-8-11(13)14-3;1-2/h4,6-7H,5,8H2,1-3H3;1-2H3/b6-4-,10-9-;. The van der Waals surface area contributed by atoms with Gasteiger partial charge in [-0.15, -0.1) is 0 Å². The summed E-state index contributed by atoms with van der Waals surface area (Å²) in [6, 6.07) is 0. The number of aldehydes is 1. The van der Waals surface area contributed by atoms with E-state index in [1.807, 2.05) is 20.8 Å². The van der Waals surface area contributed by atoms with Gasteiger partial charge in [0.25, 0.3) is 0 Å². The summed E-state index contributed by atoms with van der Waals surface area (Å²) in [5.74, 6) is -0.0567. The van der Waals surface area contributed by atoms with Gasteiger partial charge in [0.15, 0.2) is 6.61 Å². The summed E-state index contributed by atoms with van der Waals surface area (Å²) in [6.07, 6.45) is 4.68. The Kier molecular flexibility index (Phi) is 13.1. The van der Waals surface area contributed by atoms with Crippen LogP contribution in [0.15, 0.2) is 23.5 Å². The van der Waals surface area contributed by atoms with E-state index < -0.39 is 5.97 Å². The minimum absolute atomic E-state index is 0.187. The smallest absolute Gasteiger partial charge is 0.343 e. The minimum atomic E-state index is -0.474. The lowest BCUT2D eigenvalue weighted by Gasteiger charge is -2.07. The predicted molar refractivity (Wildman–Crippen MR) is 67.5 cm³/mol. The molecule has 0 atom stereocenters. The third kappa shape index (κ3) is 8.25. The van der Waals surface area contributed by atoms with Gasteiger partial charge in [0.1, 0.15) is 12.0 Å². The number of hydrogen-bond donors (Lipinski definition) is 0. The molecule has 0 aromatic carbocycles. The Morgan fingerprint density at radius 3 is 2.24 bits per heavy atom. The maximum atomic E-state index is 10.8. The molecule has 0 bridgehead atoms. The van der Waals surface area contributed by atoms with Crippen molar-refractivity contribution in [3.63, 3.8) is 0 Å². The first-order valence-corrected chi connectivity index (χ1v) is 5.70. The lowest BCUT2D eigenvalue weighted by Crippen LogP contribution is -2.10. The van der Waals surface area contributed by atoms with Crippen LogP contribution in [0.5, 0.6) is 0 Å². The topological polar surface area (TPSA) is 52.6 Å². The van der Waals surface area contributed by atoms with Crippen LogP contribution in [0.2, 0.25) is 0 Å². The van der Waals surface area contributed by atoms with E-state index in [4.69, 9.17) is 4.74 Å². The molecule has 0 radical (unpaired) electrons. The molecule has 4 heteroatoms. The zero-order valence-electron chi connectivity index (χ0n) is 11.3. The number of hydrogen-bond acceptors (Lipinski definition) is 4. The molecule has 0 spiro atoms. The molecule has 0 rings (SSSR count). The van der Waals surface area contributed by atoms with Crippen LogP contribution in [-0.4, -0.2) is 26.0 Å². The van der Waals surface area contributed by atoms with Gasteiger partial charge in [0.2, 0.25) is 0 Å². The van der Waals surface area contributed by atoms with Crippen molar-refractivity contribution in [2.75, 3.05) is 13.7 Å². The Hall–Kier alpha value is -1.58. The second-order valence-corrected chi connectivity index (χ2v) is 2.73. The SMILES string of the molecule is C/C=C\C(OCC(=O)OC)=C(\C=O)CC.CC. The van der Waals surface area contributed by atoms with Crippen LogP contribution in [0.3, 0.4) is 0 Å². The molecule has 0 N–H and O–H groups in total. The number of carbonyl (C=O) groups is 2. The zero-order chi connectivity index (χ0) is 13.7. The number of esters is 1. The molecule has 17 heavy (non-hydrogen) atoms. The quantitative estimate of drug-likeness (QED) is 0.236. The van der Waals surface area contributed by atoms with E-state index in [0.717, 1.165) is 6.29 Å². The Labute approximate surface area is 103 Å². The zero-order valence-corrected chi connectivity index (χ0v) is 11.3. The molecule has 0 heterocycles. The van der Waals surface area contributed by atoms with E-state index in [9.17, 15) is 9.59 Å². The molecule has 0 aliphatic rings. The summed E-state index contributed by atoms with van der Waals surface area (Å²) < 4.78 is 9.59. The maximum absolute atomic E-state index is 10.8. The molecule has 0 fully saturated rings. The van der Waals surface area contributed by atoms with Gasteiger partial charge in [-0.05, 0) is 19.4 Å². The second kappa shape index (κ2) is 12.5. The van der Waals surface area contributed by atoms with Crippen LogP contribution in [0.25, 0.3) is 0 Å². The van der Waals surface area contributed by atoms with Crippen molar-refractivity contribution in [3.05, 3.63) is 23.5 Å². The number of ether oxygens (including phenoxy) is 2. The fourth-order valence-electron chi connectivity index (χ4n) is 0.910. The van der Waals surface area contributed by atoms with Crippen LogP contribution in [0, 0.1) is 0 Å². The third-order valence-electron chi connectivity index (χ3n) is 1.73. The average Bonchev–Trinajstić information content (AvgIpc) is 2.39. The largest absolute Gasteiger partial charge is 0.482 e. The molecule has 0 saturated heterocycles. The Morgan fingerprint density at radius 2 is 1.88 bits per heavy atom. The number of carbonyl (C=O) groups excluding carboxylic acids is 2. The fraction of sp³-hybridized carbons (Fsp3) is 0.538. The van der Waals surface area contributed by atoms with Gasteiger partial charge >= 0.3 is 5.97 Å². The van der Waals surface area contributed by atoms with Crippen LogP contribution in [0.4, 0.5) is 0 Å². The van der Waals surface area contributed by atoms with Gasteiger partial charge in [-0.25, -0.2) is 4.79 Å². The molecular weight excluding hydrogens is 220 g/mol. The summed E-state index contributed by atoms with van der Waals surface area (Å²) in [7, 11) is 1.28. The highest BCUT2D eigenvalue weighted by molar-refractivity contribution is 5.75. The van der Waals surface area contributed by atoms with Gasteiger partial charge in [-0.1, -0.05) is 26.8 Å². The average molecular weight is 242 g/mol. The predicted octanol–water partition coefficient (Wildman–Crippen LogP) is 2.64. The number of rotatable bonds is 6. The van der Waals surface area contributed by atoms with Crippen molar-refractivity contribution in [3.8, 4) is 0 Å². The van der Waals surface area contributed by atoms with E-state index in [2.05, 4.69) is 4.74 Å². The Bertz CT molecular complexity index is 277.